The minimum atomic E-state index is -0.344. The van der Waals surface area contributed by atoms with Gasteiger partial charge in [-0.2, -0.15) is 0 Å². The predicted molar refractivity (Wildman–Crippen MR) is 112 cm³/mol. The Bertz CT molecular complexity index is 851. The van der Waals surface area contributed by atoms with Crippen LogP contribution in [-0.2, 0) is 22.4 Å². The molecule has 1 aromatic heterocycles. The number of carbonyl (C=O) groups is 2. The first-order chi connectivity index (χ1) is 13.5. The van der Waals surface area contributed by atoms with Crippen molar-refractivity contribution in [1.29, 1.82) is 0 Å². The van der Waals surface area contributed by atoms with E-state index in [4.69, 9.17) is 9.47 Å². The second-order valence-electron chi connectivity index (χ2n) is 7.11. The molecule has 1 N–H and O–H groups in total. The van der Waals surface area contributed by atoms with Crippen molar-refractivity contribution in [2.75, 3.05) is 18.5 Å². The number of carbonyl (C=O) groups excluding carboxylic acids is 2. The molecule has 0 bridgehead atoms. The molecule has 1 aliphatic carbocycles. The Hall–Kier alpha value is -2.34. The smallest absolute Gasteiger partial charge is 0.341 e. The lowest BCUT2D eigenvalue weighted by Gasteiger charge is -2.12. The second-order valence-corrected chi connectivity index (χ2v) is 8.21. The fraction of sp³-hybridized carbons (Fsp3) is 0.455. The molecule has 3 rings (SSSR count). The number of nitrogens with one attached hydrogen (secondary N) is 1. The SMILES string of the molecule is CCOC(=O)c1c(NC(=O)CCOc2cc(C)cc(C)c2)sc2c1CCCC2. The first kappa shape index (κ1) is 20.4. The summed E-state index contributed by atoms with van der Waals surface area (Å²) in [4.78, 5) is 26.1. The number of amides is 1. The molecule has 150 valence electrons. The molecule has 0 fully saturated rings. The van der Waals surface area contributed by atoms with E-state index in [0.717, 1.165) is 48.1 Å². The van der Waals surface area contributed by atoms with Crippen LogP contribution in [0.1, 0.15) is 58.1 Å². The van der Waals surface area contributed by atoms with Crippen molar-refractivity contribution in [3.05, 3.63) is 45.3 Å². The molecule has 1 heterocycles. The summed E-state index contributed by atoms with van der Waals surface area (Å²) in [5.41, 5.74) is 3.85. The summed E-state index contributed by atoms with van der Waals surface area (Å²) in [5, 5.41) is 3.53. The van der Waals surface area contributed by atoms with Crippen LogP contribution in [0.25, 0.3) is 0 Å². The van der Waals surface area contributed by atoms with Gasteiger partial charge in [-0.05, 0) is 75.3 Å². The molecule has 0 saturated heterocycles. The van der Waals surface area contributed by atoms with Gasteiger partial charge in [0.15, 0.2) is 0 Å². The average molecular weight is 402 g/mol. The third-order valence-electron chi connectivity index (χ3n) is 4.70. The maximum Gasteiger partial charge on any atom is 0.341 e. The van der Waals surface area contributed by atoms with Gasteiger partial charge < -0.3 is 14.8 Å². The number of fused-ring (bicyclic) bond motifs is 1. The van der Waals surface area contributed by atoms with Crippen LogP contribution in [0.4, 0.5) is 5.00 Å². The van der Waals surface area contributed by atoms with Gasteiger partial charge in [0, 0.05) is 4.88 Å². The monoisotopic (exact) mass is 401 g/mol. The third kappa shape index (κ3) is 4.93. The Morgan fingerprint density at radius 2 is 1.82 bits per heavy atom. The first-order valence-corrected chi connectivity index (χ1v) is 10.6. The van der Waals surface area contributed by atoms with Crippen molar-refractivity contribution in [2.24, 2.45) is 0 Å². The molecule has 0 aliphatic heterocycles. The Morgan fingerprint density at radius 1 is 1.11 bits per heavy atom. The standard InChI is InChI=1S/C22H27NO4S/c1-4-26-22(25)20-17-7-5-6-8-18(17)28-21(20)23-19(24)9-10-27-16-12-14(2)11-15(3)13-16/h11-13H,4-10H2,1-3H3,(H,23,24). The second kappa shape index (κ2) is 9.24. The van der Waals surface area contributed by atoms with Crippen LogP contribution in [0.5, 0.6) is 5.75 Å². The normalized spacial score (nSPS) is 13.0. The summed E-state index contributed by atoms with van der Waals surface area (Å²) in [6.07, 6.45) is 4.22. The first-order valence-electron chi connectivity index (χ1n) is 9.80. The van der Waals surface area contributed by atoms with E-state index in [0.29, 0.717) is 17.2 Å². The molecule has 1 aromatic carbocycles. The van der Waals surface area contributed by atoms with Gasteiger partial charge in [-0.25, -0.2) is 4.79 Å². The van der Waals surface area contributed by atoms with Gasteiger partial charge in [0.1, 0.15) is 10.8 Å². The van der Waals surface area contributed by atoms with Crippen LogP contribution in [0, 0.1) is 13.8 Å². The van der Waals surface area contributed by atoms with Crippen molar-refractivity contribution >= 4 is 28.2 Å². The molecule has 0 unspecified atom stereocenters. The molecule has 0 radical (unpaired) electrons. The van der Waals surface area contributed by atoms with Gasteiger partial charge in [-0.3, -0.25) is 4.79 Å². The number of aryl methyl sites for hydroxylation is 3. The van der Waals surface area contributed by atoms with Gasteiger partial charge in [-0.1, -0.05) is 6.07 Å². The minimum Gasteiger partial charge on any atom is -0.493 e. The van der Waals surface area contributed by atoms with E-state index in [-0.39, 0.29) is 24.9 Å². The van der Waals surface area contributed by atoms with Gasteiger partial charge in [0.2, 0.25) is 5.91 Å². The average Bonchev–Trinajstić information content (AvgIpc) is 2.98. The highest BCUT2D eigenvalue weighted by Gasteiger charge is 2.27. The Labute approximate surface area is 170 Å². The van der Waals surface area contributed by atoms with Crippen molar-refractivity contribution in [1.82, 2.24) is 0 Å². The van der Waals surface area contributed by atoms with Gasteiger partial charge >= 0.3 is 5.97 Å². The molecular formula is C22H27NO4S. The zero-order chi connectivity index (χ0) is 20.1. The van der Waals surface area contributed by atoms with Crippen LogP contribution >= 0.6 is 11.3 Å². The molecular weight excluding hydrogens is 374 g/mol. The molecule has 2 aromatic rings. The van der Waals surface area contributed by atoms with Crippen LogP contribution < -0.4 is 10.1 Å². The van der Waals surface area contributed by atoms with Gasteiger partial charge in [0.05, 0.1) is 25.2 Å². The van der Waals surface area contributed by atoms with Crippen molar-refractivity contribution < 1.29 is 19.1 Å². The van der Waals surface area contributed by atoms with E-state index in [2.05, 4.69) is 11.4 Å². The Balaban J connectivity index is 1.64. The number of thiophene rings is 1. The van der Waals surface area contributed by atoms with E-state index < -0.39 is 0 Å². The van der Waals surface area contributed by atoms with Crippen molar-refractivity contribution in [3.8, 4) is 5.75 Å². The zero-order valence-electron chi connectivity index (χ0n) is 16.7. The lowest BCUT2D eigenvalue weighted by Crippen LogP contribution is -2.17. The fourth-order valence-electron chi connectivity index (χ4n) is 3.54. The lowest BCUT2D eigenvalue weighted by molar-refractivity contribution is -0.116. The molecule has 1 aliphatic rings. The highest BCUT2D eigenvalue weighted by atomic mass is 32.1. The highest BCUT2D eigenvalue weighted by Crippen LogP contribution is 2.38. The summed E-state index contributed by atoms with van der Waals surface area (Å²) in [6.45, 7) is 6.43. The van der Waals surface area contributed by atoms with Crippen molar-refractivity contribution in [2.45, 2.75) is 52.9 Å². The number of anilines is 1. The van der Waals surface area contributed by atoms with E-state index in [9.17, 15) is 9.59 Å². The van der Waals surface area contributed by atoms with Crippen LogP contribution in [-0.4, -0.2) is 25.1 Å². The number of hydrogen-bond donors (Lipinski definition) is 1. The highest BCUT2D eigenvalue weighted by molar-refractivity contribution is 7.17. The van der Waals surface area contributed by atoms with E-state index in [1.807, 2.05) is 26.0 Å². The minimum absolute atomic E-state index is 0.159. The summed E-state index contributed by atoms with van der Waals surface area (Å²) in [6, 6.07) is 5.99. The lowest BCUT2D eigenvalue weighted by atomic mass is 9.95. The summed E-state index contributed by atoms with van der Waals surface area (Å²) in [7, 11) is 0. The fourth-order valence-corrected chi connectivity index (χ4v) is 4.83. The van der Waals surface area contributed by atoms with Crippen LogP contribution in [0.15, 0.2) is 18.2 Å². The summed E-state index contributed by atoms with van der Waals surface area (Å²) in [5.74, 6) is 0.265. The number of esters is 1. The van der Waals surface area contributed by atoms with Crippen LogP contribution in [0.2, 0.25) is 0 Å². The topological polar surface area (TPSA) is 64.6 Å². The largest absolute Gasteiger partial charge is 0.493 e. The maximum atomic E-state index is 12.5. The molecule has 5 nitrogen and oxygen atoms in total. The molecule has 0 atom stereocenters. The van der Waals surface area contributed by atoms with E-state index >= 15 is 0 Å². The van der Waals surface area contributed by atoms with Crippen LogP contribution in [0.3, 0.4) is 0 Å². The molecule has 28 heavy (non-hydrogen) atoms. The maximum absolute atomic E-state index is 12.5. The molecule has 6 heteroatoms. The summed E-state index contributed by atoms with van der Waals surface area (Å²) >= 11 is 1.50. The van der Waals surface area contributed by atoms with E-state index in [1.165, 1.54) is 16.2 Å². The number of benzene rings is 1. The van der Waals surface area contributed by atoms with Gasteiger partial charge in [-0.15, -0.1) is 11.3 Å². The van der Waals surface area contributed by atoms with E-state index in [1.54, 1.807) is 6.92 Å². The molecule has 1 amide bonds. The third-order valence-corrected chi connectivity index (χ3v) is 5.90. The predicted octanol–water partition coefficient (Wildman–Crippen LogP) is 4.83. The Morgan fingerprint density at radius 3 is 2.54 bits per heavy atom. The molecule has 0 saturated carbocycles. The quantitative estimate of drug-likeness (QED) is 0.675. The molecule has 0 spiro atoms. The van der Waals surface area contributed by atoms with Crippen molar-refractivity contribution in [3.63, 3.8) is 0 Å². The number of rotatable bonds is 7. The summed E-state index contributed by atoms with van der Waals surface area (Å²) < 4.78 is 11.0. The van der Waals surface area contributed by atoms with Gasteiger partial charge in [0.25, 0.3) is 0 Å². The number of hydrogen-bond acceptors (Lipinski definition) is 5. The zero-order valence-corrected chi connectivity index (χ0v) is 17.5. The Kier molecular flexibility index (Phi) is 6.73. The number of ether oxygens (including phenoxy) is 2.